The number of carbonyl (C=O) groups is 1. The van der Waals surface area contributed by atoms with Gasteiger partial charge in [-0.05, 0) is 12.8 Å². The fourth-order valence-corrected chi connectivity index (χ4v) is 3.93. The number of hydrogen-bond acceptors (Lipinski definition) is 5. The summed E-state index contributed by atoms with van der Waals surface area (Å²) in [6, 6.07) is 0. The number of imidazole rings is 1. The summed E-state index contributed by atoms with van der Waals surface area (Å²) in [5.41, 5.74) is 0.107. The number of piperidine rings is 1. The maximum absolute atomic E-state index is 12.5. The van der Waals surface area contributed by atoms with Crippen molar-refractivity contribution in [1.29, 1.82) is 0 Å². The van der Waals surface area contributed by atoms with E-state index in [0.29, 0.717) is 13.1 Å². The van der Waals surface area contributed by atoms with Crippen LogP contribution in [0.5, 0.6) is 0 Å². The van der Waals surface area contributed by atoms with E-state index in [2.05, 4.69) is 4.98 Å². The molecule has 0 spiro atoms. The van der Waals surface area contributed by atoms with Crippen LogP contribution in [-0.2, 0) is 16.8 Å². The summed E-state index contributed by atoms with van der Waals surface area (Å²) in [7, 11) is -3.83. The lowest BCUT2D eigenvalue weighted by Gasteiger charge is -2.27. The highest BCUT2D eigenvalue weighted by molar-refractivity contribution is 7.87. The molecule has 1 aromatic heterocycles. The minimum Gasteiger partial charge on any atom is -0.390 e. The topological polar surface area (TPSA) is 92.5 Å². The second-order valence-corrected chi connectivity index (χ2v) is 6.30. The van der Waals surface area contributed by atoms with E-state index in [1.165, 1.54) is 17.4 Å². The van der Waals surface area contributed by atoms with Crippen molar-refractivity contribution in [1.82, 2.24) is 13.3 Å². The van der Waals surface area contributed by atoms with Crippen molar-refractivity contribution >= 4 is 16.0 Å². The summed E-state index contributed by atoms with van der Waals surface area (Å²) in [6.07, 6.45) is 3.83. The highest BCUT2D eigenvalue weighted by Crippen LogP contribution is 2.19. The smallest absolute Gasteiger partial charge is 0.309 e. The quantitative estimate of drug-likeness (QED) is 0.796. The van der Waals surface area contributed by atoms with Gasteiger partial charge in [0.2, 0.25) is 0 Å². The van der Waals surface area contributed by atoms with Crippen LogP contribution in [-0.4, -0.2) is 45.7 Å². The standard InChI is InChI=1S/C11H17N3O4S/c1-9(16)11-12-7-10(8-15)14(11)19(17,18)13-5-3-2-4-6-13/h7,15H,2-6,8H2,1H3. The number of ketones is 1. The van der Waals surface area contributed by atoms with Gasteiger partial charge in [-0.1, -0.05) is 6.42 Å². The Morgan fingerprint density at radius 2 is 2.00 bits per heavy atom. The zero-order valence-corrected chi connectivity index (χ0v) is 11.6. The maximum atomic E-state index is 12.5. The largest absolute Gasteiger partial charge is 0.390 e. The van der Waals surface area contributed by atoms with Crippen molar-refractivity contribution in [2.45, 2.75) is 32.8 Å². The molecule has 0 aromatic carbocycles. The number of aliphatic hydroxyl groups excluding tert-OH is 1. The van der Waals surface area contributed by atoms with E-state index in [4.69, 9.17) is 0 Å². The summed E-state index contributed by atoms with van der Waals surface area (Å²) in [5, 5.41) is 9.22. The van der Waals surface area contributed by atoms with Crippen molar-refractivity contribution in [2.24, 2.45) is 0 Å². The first-order valence-corrected chi connectivity index (χ1v) is 7.57. The fraction of sp³-hybridized carbons (Fsp3) is 0.636. The molecule has 1 N–H and O–H groups in total. The zero-order valence-electron chi connectivity index (χ0n) is 10.7. The van der Waals surface area contributed by atoms with Gasteiger partial charge in [-0.2, -0.15) is 12.7 Å². The molecule has 7 nitrogen and oxygen atoms in total. The van der Waals surface area contributed by atoms with Gasteiger partial charge in [0.05, 0.1) is 18.5 Å². The van der Waals surface area contributed by atoms with Gasteiger partial charge >= 0.3 is 10.2 Å². The molecule has 1 saturated heterocycles. The third-order valence-electron chi connectivity index (χ3n) is 3.14. The van der Waals surface area contributed by atoms with Crippen LogP contribution in [0.4, 0.5) is 0 Å². The van der Waals surface area contributed by atoms with Gasteiger partial charge in [-0.3, -0.25) is 4.79 Å². The van der Waals surface area contributed by atoms with Crippen LogP contribution in [0.3, 0.4) is 0 Å². The van der Waals surface area contributed by atoms with Gasteiger partial charge in [0.1, 0.15) is 0 Å². The third-order valence-corrected chi connectivity index (χ3v) is 5.02. The first kappa shape index (κ1) is 14.2. The van der Waals surface area contributed by atoms with Crippen molar-refractivity contribution < 1.29 is 18.3 Å². The second kappa shape index (κ2) is 5.40. The van der Waals surface area contributed by atoms with Crippen molar-refractivity contribution in [2.75, 3.05) is 13.1 Å². The Bertz CT molecular complexity index is 573. The van der Waals surface area contributed by atoms with Gasteiger partial charge in [0.15, 0.2) is 11.6 Å². The van der Waals surface area contributed by atoms with Crippen LogP contribution in [0.15, 0.2) is 6.20 Å². The van der Waals surface area contributed by atoms with E-state index in [1.807, 2.05) is 0 Å². The van der Waals surface area contributed by atoms with Crippen LogP contribution >= 0.6 is 0 Å². The number of aliphatic hydroxyl groups is 1. The Hall–Kier alpha value is -1.25. The number of aromatic nitrogens is 2. The molecule has 19 heavy (non-hydrogen) atoms. The molecule has 0 saturated carbocycles. The molecular formula is C11H17N3O4S. The number of Topliss-reactive ketones (excluding diaryl/α,β-unsaturated/α-hetero) is 1. The van der Waals surface area contributed by atoms with Crippen LogP contribution < -0.4 is 0 Å². The fourth-order valence-electron chi connectivity index (χ4n) is 2.18. The predicted molar refractivity (Wildman–Crippen MR) is 67.9 cm³/mol. The second-order valence-electron chi connectivity index (χ2n) is 4.52. The van der Waals surface area contributed by atoms with Gasteiger partial charge in [-0.15, -0.1) is 0 Å². The Morgan fingerprint density at radius 1 is 1.37 bits per heavy atom. The number of hydrogen-bond donors (Lipinski definition) is 1. The predicted octanol–water partition coefficient (Wildman–Crippen LogP) is 0.157. The molecule has 8 heteroatoms. The van der Waals surface area contributed by atoms with Gasteiger partial charge < -0.3 is 5.11 Å². The lowest BCUT2D eigenvalue weighted by Crippen LogP contribution is -2.40. The van der Waals surface area contributed by atoms with Crippen LogP contribution in [0.1, 0.15) is 42.5 Å². The van der Waals surface area contributed by atoms with E-state index in [1.54, 1.807) is 0 Å². The van der Waals surface area contributed by atoms with Crippen LogP contribution in [0.25, 0.3) is 0 Å². The number of nitrogens with zero attached hydrogens (tertiary/aromatic N) is 3. The van der Waals surface area contributed by atoms with Crippen LogP contribution in [0.2, 0.25) is 0 Å². The van der Waals surface area contributed by atoms with E-state index >= 15 is 0 Å². The van der Waals surface area contributed by atoms with Crippen molar-refractivity contribution in [3.8, 4) is 0 Å². The summed E-state index contributed by atoms with van der Waals surface area (Å²) >= 11 is 0. The monoisotopic (exact) mass is 287 g/mol. The normalized spacial score (nSPS) is 17.6. The lowest BCUT2D eigenvalue weighted by atomic mass is 10.2. The van der Waals surface area contributed by atoms with Crippen LogP contribution in [0, 0.1) is 0 Å². The Morgan fingerprint density at radius 3 is 2.53 bits per heavy atom. The maximum Gasteiger partial charge on any atom is 0.309 e. The van der Waals surface area contributed by atoms with E-state index in [9.17, 15) is 18.3 Å². The molecule has 106 valence electrons. The molecule has 0 atom stereocenters. The molecule has 1 fully saturated rings. The molecule has 2 heterocycles. The van der Waals surface area contributed by atoms with E-state index in [-0.39, 0.29) is 11.5 Å². The highest BCUT2D eigenvalue weighted by Gasteiger charge is 2.31. The summed E-state index contributed by atoms with van der Waals surface area (Å²) in [6.45, 7) is 1.64. The molecule has 0 aliphatic carbocycles. The summed E-state index contributed by atoms with van der Waals surface area (Å²) < 4.78 is 27.3. The summed E-state index contributed by atoms with van der Waals surface area (Å²) in [4.78, 5) is 15.3. The van der Waals surface area contributed by atoms with Crippen molar-refractivity contribution in [3.05, 3.63) is 17.7 Å². The minimum absolute atomic E-state index is 0.107. The Kier molecular flexibility index (Phi) is 4.02. The Labute approximate surface area is 112 Å². The minimum atomic E-state index is -3.83. The van der Waals surface area contributed by atoms with E-state index < -0.39 is 22.6 Å². The molecule has 0 amide bonds. The number of rotatable bonds is 4. The third kappa shape index (κ3) is 2.56. The van der Waals surface area contributed by atoms with Gasteiger partial charge in [0, 0.05) is 20.0 Å². The highest BCUT2D eigenvalue weighted by atomic mass is 32.2. The molecule has 0 radical (unpaired) electrons. The average molecular weight is 287 g/mol. The molecule has 1 aliphatic rings. The molecule has 2 rings (SSSR count). The molecule has 1 aromatic rings. The Balaban J connectivity index is 2.49. The summed E-state index contributed by atoms with van der Waals surface area (Å²) in [5.74, 6) is -0.602. The van der Waals surface area contributed by atoms with Gasteiger partial charge in [0.25, 0.3) is 0 Å². The molecule has 0 bridgehead atoms. The number of carbonyl (C=O) groups excluding carboxylic acids is 1. The van der Waals surface area contributed by atoms with Gasteiger partial charge in [-0.25, -0.2) is 8.96 Å². The first-order chi connectivity index (χ1) is 8.98. The average Bonchev–Trinajstić information content (AvgIpc) is 2.84. The lowest BCUT2D eigenvalue weighted by molar-refractivity contribution is 0.100. The molecular weight excluding hydrogens is 270 g/mol. The zero-order chi connectivity index (χ0) is 14.0. The SMILES string of the molecule is CC(=O)c1ncc(CO)n1S(=O)(=O)N1CCCCC1. The molecule has 0 unspecified atom stereocenters. The first-order valence-electron chi connectivity index (χ1n) is 6.17. The molecule has 1 aliphatic heterocycles. The van der Waals surface area contributed by atoms with E-state index in [0.717, 1.165) is 23.2 Å². The van der Waals surface area contributed by atoms with Crippen molar-refractivity contribution in [3.63, 3.8) is 0 Å².